The molecule has 1 aliphatic heterocycles. The van der Waals surface area contributed by atoms with Gasteiger partial charge in [0, 0.05) is 34.2 Å². The lowest BCUT2D eigenvalue weighted by Gasteiger charge is -2.41. The first-order chi connectivity index (χ1) is 27.2. The summed E-state index contributed by atoms with van der Waals surface area (Å²) in [4.78, 5) is 74.2. The largest absolute Gasteiger partial charge is 0.379 e. The van der Waals surface area contributed by atoms with E-state index >= 15 is 0 Å². The van der Waals surface area contributed by atoms with E-state index in [1.807, 2.05) is 66.6 Å². The molecule has 1 heterocycles. The number of amides is 5. The summed E-state index contributed by atoms with van der Waals surface area (Å²) < 4.78 is 38.6. The van der Waals surface area contributed by atoms with Crippen molar-refractivity contribution in [3.63, 3.8) is 0 Å². The normalized spacial score (nSPS) is 18.8. The van der Waals surface area contributed by atoms with Crippen molar-refractivity contribution in [2.75, 3.05) is 47.7 Å². The molecule has 16 heteroatoms. The molecule has 2 rings (SSSR count). The Morgan fingerprint density at radius 1 is 0.862 bits per heavy atom. The highest BCUT2D eigenvalue weighted by atomic mass is 32.2. The maximum absolute atomic E-state index is 14.3. The smallest absolute Gasteiger partial charge is 0.256 e. The van der Waals surface area contributed by atoms with Gasteiger partial charge in [-0.1, -0.05) is 85.2 Å². The lowest BCUT2D eigenvalue weighted by molar-refractivity contribution is -0.148. The van der Waals surface area contributed by atoms with Crippen LogP contribution in [0.15, 0.2) is 30.3 Å². The minimum atomic E-state index is -3.89. The van der Waals surface area contributed by atoms with E-state index < -0.39 is 70.2 Å². The molecule has 1 unspecified atom stereocenters. The monoisotopic (exact) mass is 837 g/mol. The molecule has 0 bridgehead atoms. The number of hydrogen-bond acceptors (Lipinski definition) is 10. The van der Waals surface area contributed by atoms with E-state index in [4.69, 9.17) is 9.47 Å². The van der Waals surface area contributed by atoms with Crippen LogP contribution < -0.4 is 15.4 Å². The summed E-state index contributed by atoms with van der Waals surface area (Å²) in [5.74, 6) is -3.50. The van der Waals surface area contributed by atoms with Crippen molar-refractivity contribution in [2.45, 2.75) is 130 Å². The quantitative estimate of drug-likeness (QED) is 0.148. The number of hydrogen-bond donors (Lipinski definition) is 3. The number of likely N-dealkylation sites (N-methyl/N-ethyl adjacent to an activating group) is 2. The average Bonchev–Trinajstić information content (AvgIpc) is 3.65. The van der Waals surface area contributed by atoms with Crippen molar-refractivity contribution in [3.8, 4) is 0 Å². The van der Waals surface area contributed by atoms with Gasteiger partial charge in [-0.15, -0.1) is 0 Å². The van der Waals surface area contributed by atoms with Crippen molar-refractivity contribution >= 4 is 39.6 Å². The number of carbonyl (C=O) groups is 5. The number of methoxy groups -OCH3 is 2. The molecule has 0 aromatic heterocycles. The predicted octanol–water partition coefficient (Wildman–Crippen LogP) is 2.83. The minimum Gasteiger partial charge on any atom is -0.379 e. The van der Waals surface area contributed by atoms with Crippen molar-refractivity contribution in [1.82, 2.24) is 30.1 Å². The van der Waals surface area contributed by atoms with Gasteiger partial charge in [-0.3, -0.25) is 33.6 Å². The zero-order chi connectivity index (χ0) is 44.1. The second kappa shape index (κ2) is 23.3. The van der Waals surface area contributed by atoms with Gasteiger partial charge in [-0.2, -0.15) is 0 Å². The van der Waals surface area contributed by atoms with Crippen molar-refractivity contribution in [1.29, 1.82) is 0 Å². The number of rotatable bonds is 23. The minimum absolute atomic E-state index is 0.0200. The van der Waals surface area contributed by atoms with Crippen LogP contribution >= 0.6 is 0 Å². The van der Waals surface area contributed by atoms with E-state index in [-0.39, 0.29) is 54.1 Å². The molecule has 9 atom stereocenters. The average molecular weight is 837 g/mol. The standard InChI is InChI=1S/C42H72N6O9S/c1-14-28(7)37(47(11)42(53)35(26(3)4)44-41(52)36(27(5)6)46(9)10)33(56-12)25-34(49)48-23-19-22-32(48)38(57-13)29(8)39(50)43-31(24-30-20-17-16-18-21-30)40(51)45-58(54,55)15-2/h16-18,20-21,26-29,31-33,35-38H,14-15,19,22-25H2,1-13H3,(H,43,50)(H,44,52)(H,45,51)/t28-,29+,31-,32-,33+,35-,36?,37-,38+/m0/s1. The topological polar surface area (TPSA) is 184 Å². The first kappa shape index (κ1) is 50.5. The third-order valence-electron chi connectivity index (χ3n) is 11.5. The Balaban J connectivity index is 2.33. The van der Waals surface area contributed by atoms with Crippen LogP contribution in [-0.4, -0.2) is 143 Å². The van der Waals surface area contributed by atoms with Crippen molar-refractivity contribution < 1.29 is 41.9 Å². The molecule has 0 radical (unpaired) electrons. The molecule has 0 saturated carbocycles. The number of benzene rings is 1. The Morgan fingerprint density at radius 3 is 1.98 bits per heavy atom. The van der Waals surface area contributed by atoms with Crippen LogP contribution in [0.5, 0.6) is 0 Å². The second-order valence-corrected chi connectivity index (χ2v) is 18.6. The molecule has 1 saturated heterocycles. The highest BCUT2D eigenvalue weighted by Gasteiger charge is 2.43. The molecular formula is C42H72N6O9S. The summed E-state index contributed by atoms with van der Waals surface area (Å²) in [5, 5.41) is 5.77. The van der Waals surface area contributed by atoms with Gasteiger partial charge < -0.3 is 29.9 Å². The Labute approximate surface area is 347 Å². The molecular weight excluding hydrogens is 765 g/mol. The van der Waals surface area contributed by atoms with Crippen molar-refractivity contribution in [2.24, 2.45) is 23.7 Å². The Morgan fingerprint density at radius 2 is 1.48 bits per heavy atom. The van der Waals surface area contributed by atoms with Crippen LogP contribution in [0.2, 0.25) is 0 Å². The first-order valence-corrected chi connectivity index (χ1v) is 22.3. The fraction of sp³-hybridized carbons (Fsp3) is 0.738. The van der Waals surface area contributed by atoms with Gasteiger partial charge in [-0.25, -0.2) is 8.42 Å². The number of nitrogens with one attached hydrogen (secondary N) is 3. The molecule has 1 aromatic rings. The van der Waals surface area contributed by atoms with Gasteiger partial charge in [0.2, 0.25) is 33.7 Å². The molecule has 1 fully saturated rings. The molecule has 0 spiro atoms. The summed E-state index contributed by atoms with van der Waals surface area (Å²) in [6.45, 7) is 15.2. The summed E-state index contributed by atoms with van der Waals surface area (Å²) in [6, 6.07) is 5.56. The molecule has 58 heavy (non-hydrogen) atoms. The zero-order valence-corrected chi connectivity index (χ0v) is 37.9. The lowest BCUT2D eigenvalue weighted by atomic mass is 9.89. The maximum atomic E-state index is 14.3. The molecule has 330 valence electrons. The Kier molecular flexibility index (Phi) is 20.3. The zero-order valence-electron chi connectivity index (χ0n) is 37.1. The molecule has 3 N–H and O–H groups in total. The van der Waals surface area contributed by atoms with E-state index in [0.29, 0.717) is 25.8 Å². The number of nitrogens with zero attached hydrogens (tertiary/aromatic N) is 3. The van der Waals surface area contributed by atoms with E-state index in [1.54, 1.807) is 48.0 Å². The predicted molar refractivity (Wildman–Crippen MR) is 225 cm³/mol. The maximum Gasteiger partial charge on any atom is 0.256 e. The van der Waals surface area contributed by atoms with Gasteiger partial charge >= 0.3 is 0 Å². The van der Waals surface area contributed by atoms with Crippen LogP contribution in [0.3, 0.4) is 0 Å². The third kappa shape index (κ3) is 13.7. The third-order valence-corrected chi connectivity index (χ3v) is 12.8. The van der Waals surface area contributed by atoms with E-state index in [0.717, 1.165) is 5.56 Å². The highest BCUT2D eigenvalue weighted by molar-refractivity contribution is 7.90. The van der Waals surface area contributed by atoms with E-state index in [9.17, 15) is 32.4 Å². The SMILES string of the molecule is CC[C@H](C)[C@@H]([C@@H](CC(=O)N1CCC[C@H]1[C@H](OC)[C@@H](C)C(=O)N[C@@H](Cc1ccccc1)C(=O)NS(=O)(=O)CC)OC)N(C)C(=O)[C@@H](NC(=O)C(C(C)C)N(C)C)C(C)C. The summed E-state index contributed by atoms with van der Waals surface area (Å²) in [7, 11) is 4.48. The number of sulfonamides is 1. The Bertz CT molecular complexity index is 1600. The second-order valence-electron chi connectivity index (χ2n) is 16.6. The molecule has 1 aliphatic rings. The van der Waals surface area contributed by atoms with Crippen LogP contribution in [0.4, 0.5) is 0 Å². The van der Waals surface area contributed by atoms with Crippen LogP contribution in [0.25, 0.3) is 0 Å². The summed E-state index contributed by atoms with van der Waals surface area (Å²) in [6.07, 6.45) is 0.499. The van der Waals surface area contributed by atoms with Gasteiger partial charge in [-0.05, 0) is 57.2 Å². The number of ether oxygens (including phenoxy) is 2. The number of likely N-dealkylation sites (tertiary alicyclic amines) is 1. The summed E-state index contributed by atoms with van der Waals surface area (Å²) >= 11 is 0. The van der Waals surface area contributed by atoms with E-state index in [1.165, 1.54) is 21.1 Å². The summed E-state index contributed by atoms with van der Waals surface area (Å²) in [5.41, 5.74) is 0.727. The van der Waals surface area contributed by atoms with E-state index in [2.05, 4.69) is 15.4 Å². The van der Waals surface area contributed by atoms with Gasteiger partial charge in [0.05, 0.1) is 48.4 Å². The van der Waals surface area contributed by atoms with Gasteiger partial charge in [0.25, 0.3) is 5.91 Å². The molecule has 1 aromatic carbocycles. The van der Waals surface area contributed by atoms with Crippen LogP contribution in [-0.2, 0) is 49.9 Å². The van der Waals surface area contributed by atoms with Crippen LogP contribution in [0.1, 0.15) is 86.6 Å². The molecule has 0 aliphatic carbocycles. The lowest BCUT2D eigenvalue weighted by Crippen LogP contribution is -2.59. The fourth-order valence-corrected chi connectivity index (χ4v) is 8.66. The van der Waals surface area contributed by atoms with Crippen molar-refractivity contribution in [3.05, 3.63) is 35.9 Å². The fourth-order valence-electron chi connectivity index (χ4n) is 8.07. The first-order valence-electron chi connectivity index (χ1n) is 20.6. The van der Waals surface area contributed by atoms with Gasteiger partial charge in [0.1, 0.15) is 12.1 Å². The van der Waals surface area contributed by atoms with Gasteiger partial charge in [0.15, 0.2) is 0 Å². The highest BCUT2D eigenvalue weighted by Crippen LogP contribution is 2.30. The number of carbonyl (C=O) groups excluding carboxylic acids is 5. The van der Waals surface area contributed by atoms with Crippen LogP contribution in [0, 0.1) is 23.7 Å². The molecule has 5 amide bonds. The Hall–Kier alpha value is -3.60. The molecule has 15 nitrogen and oxygen atoms in total.